The zero-order valence-corrected chi connectivity index (χ0v) is 21.8. The first-order chi connectivity index (χ1) is 18.3. The van der Waals surface area contributed by atoms with Crippen molar-refractivity contribution in [1.29, 1.82) is 0 Å². The lowest BCUT2D eigenvalue weighted by molar-refractivity contribution is -0.384. The average Bonchev–Trinajstić information content (AvgIpc) is 3.49. The molecule has 2 aromatic heterocycles. The minimum Gasteiger partial charge on any atom is -0.463 e. The molecule has 11 heteroatoms. The molecule has 0 spiro atoms. The van der Waals surface area contributed by atoms with Crippen LogP contribution in [0, 0.1) is 10.1 Å². The third-order valence-electron chi connectivity index (χ3n) is 5.94. The van der Waals surface area contributed by atoms with Crippen LogP contribution in [0.4, 0.5) is 5.69 Å². The Morgan fingerprint density at radius 2 is 2.00 bits per heavy atom. The summed E-state index contributed by atoms with van der Waals surface area (Å²) in [6.07, 6.45) is 1.76. The summed E-state index contributed by atoms with van der Waals surface area (Å²) in [5.74, 6) is -0.118. The normalized spacial score (nSPS) is 15.2. The highest BCUT2D eigenvalue weighted by molar-refractivity contribution is 7.07. The van der Waals surface area contributed by atoms with Crippen molar-refractivity contribution in [2.24, 2.45) is 4.99 Å². The Kier molecular flexibility index (Phi) is 6.83. The highest BCUT2D eigenvalue weighted by Crippen LogP contribution is 2.37. The molecule has 0 unspecified atom stereocenters. The number of hydrogen-bond donors (Lipinski definition) is 0. The molecule has 0 N–H and O–H groups in total. The second-order valence-electron chi connectivity index (χ2n) is 8.34. The molecule has 0 saturated carbocycles. The molecule has 3 heterocycles. The third kappa shape index (κ3) is 4.59. The van der Waals surface area contributed by atoms with Gasteiger partial charge in [-0.2, -0.15) is 0 Å². The van der Waals surface area contributed by atoms with Gasteiger partial charge in [0.2, 0.25) is 0 Å². The highest BCUT2D eigenvalue weighted by atomic mass is 35.5. The molecule has 0 fully saturated rings. The van der Waals surface area contributed by atoms with Crippen LogP contribution >= 0.6 is 22.9 Å². The van der Waals surface area contributed by atoms with Crippen LogP contribution in [0.15, 0.2) is 86.1 Å². The first-order valence-electron chi connectivity index (χ1n) is 11.6. The van der Waals surface area contributed by atoms with Crippen LogP contribution in [0.25, 0.3) is 17.4 Å². The Morgan fingerprint density at radius 1 is 1.24 bits per heavy atom. The summed E-state index contributed by atoms with van der Waals surface area (Å²) in [6, 6.07) is 15.7. The smallest absolute Gasteiger partial charge is 0.338 e. The Morgan fingerprint density at radius 3 is 2.71 bits per heavy atom. The number of nitro benzene ring substituents is 1. The molecule has 0 radical (unpaired) electrons. The van der Waals surface area contributed by atoms with Gasteiger partial charge in [0.1, 0.15) is 17.6 Å². The molecule has 0 aliphatic carbocycles. The van der Waals surface area contributed by atoms with Gasteiger partial charge in [0, 0.05) is 17.7 Å². The number of ether oxygens (including phenoxy) is 1. The van der Waals surface area contributed by atoms with E-state index in [1.165, 1.54) is 34.1 Å². The number of esters is 1. The molecule has 1 aliphatic rings. The van der Waals surface area contributed by atoms with Gasteiger partial charge < -0.3 is 9.15 Å². The number of fused-ring (bicyclic) bond motifs is 1. The zero-order chi connectivity index (χ0) is 27.0. The van der Waals surface area contributed by atoms with Crippen LogP contribution in [0.3, 0.4) is 0 Å². The van der Waals surface area contributed by atoms with Gasteiger partial charge in [0.25, 0.3) is 11.2 Å². The van der Waals surface area contributed by atoms with Crippen molar-refractivity contribution in [3.05, 3.63) is 118 Å². The van der Waals surface area contributed by atoms with Gasteiger partial charge in [-0.15, -0.1) is 0 Å². The number of carbonyl (C=O) groups is 1. The predicted octanol–water partition coefficient (Wildman–Crippen LogP) is 4.62. The number of thiazole rings is 1. The summed E-state index contributed by atoms with van der Waals surface area (Å²) in [5.41, 5.74) is 1.21. The number of aromatic nitrogens is 1. The molecule has 0 bridgehead atoms. The van der Waals surface area contributed by atoms with Gasteiger partial charge in [0.15, 0.2) is 4.80 Å². The third-order valence-corrected chi connectivity index (χ3v) is 7.25. The molecule has 5 rings (SSSR count). The van der Waals surface area contributed by atoms with Crippen molar-refractivity contribution < 1.29 is 18.9 Å². The van der Waals surface area contributed by atoms with Crippen LogP contribution in [-0.2, 0) is 9.53 Å². The van der Waals surface area contributed by atoms with Crippen LogP contribution in [-0.4, -0.2) is 22.1 Å². The summed E-state index contributed by atoms with van der Waals surface area (Å²) in [7, 11) is 0. The molecule has 1 atom stereocenters. The van der Waals surface area contributed by atoms with E-state index in [4.69, 9.17) is 20.8 Å². The van der Waals surface area contributed by atoms with Crippen LogP contribution < -0.4 is 14.9 Å². The van der Waals surface area contributed by atoms with E-state index in [0.717, 1.165) is 5.56 Å². The standard InChI is InChI=1S/C27H20ClN3O6S/c1-3-36-26(33)23-15(2)29-27-30(25(32)22(38-27)13-16-7-5-4-6-8-16)24(23)21-12-11-20(37-21)18-14-17(31(34)35)9-10-19(18)28/h4-14,24H,3H2,1-2H3/b22-13-/t24-/m1/s1. The predicted molar refractivity (Wildman–Crippen MR) is 143 cm³/mol. The second-order valence-corrected chi connectivity index (χ2v) is 9.75. The van der Waals surface area contributed by atoms with Gasteiger partial charge >= 0.3 is 5.97 Å². The maximum atomic E-state index is 13.7. The topological polar surface area (TPSA) is 117 Å². The van der Waals surface area contributed by atoms with Crippen molar-refractivity contribution in [3.8, 4) is 11.3 Å². The molecule has 0 saturated heterocycles. The number of nitro groups is 1. The molecule has 1 aliphatic heterocycles. The molecule has 4 aromatic rings. The highest BCUT2D eigenvalue weighted by Gasteiger charge is 2.35. The number of furan rings is 1. The number of benzene rings is 2. The summed E-state index contributed by atoms with van der Waals surface area (Å²) in [4.78, 5) is 42.4. The molecular formula is C27H20ClN3O6S. The van der Waals surface area contributed by atoms with Crippen molar-refractivity contribution in [2.75, 3.05) is 6.61 Å². The van der Waals surface area contributed by atoms with E-state index in [9.17, 15) is 19.7 Å². The Balaban J connectivity index is 1.70. The lowest BCUT2D eigenvalue weighted by Crippen LogP contribution is -2.39. The lowest BCUT2D eigenvalue weighted by atomic mass is 10.0. The fraction of sp³-hybridized carbons (Fsp3) is 0.148. The Bertz CT molecular complexity index is 1780. The van der Waals surface area contributed by atoms with Crippen molar-refractivity contribution in [1.82, 2.24) is 4.57 Å². The van der Waals surface area contributed by atoms with Gasteiger partial charge in [-0.1, -0.05) is 53.3 Å². The molecule has 9 nitrogen and oxygen atoms in total. The number of nitrogens with zero attached hydrogens (tertiary/aromatic N) is 3. The first kappa shape index (κ1) is 25.4. The van der Waals surface area contributed by atoms with Crippen LogP contribution in [0.1, 0.15) is 31.2 Å². The lowest BCUT2D eigenvalue weighted by Gasteiger charge is -2.22. The number of non-ortho nitro benzene ring substituents is 1. The summed E-state index contributed by atoms with van der Waals surface area (Å²) in [6.45, 7) is 3.50. The maximum Gasteiger partial charge on any atom is 0.338 e. The largest absolute Gasteiger partial charge is 0.463 e. The second kappa shape index (κ2) is 10.2. The number of carbonyl (C=O) groups excluding carboxylic acids is 1. The van der Waals surface area contributed by atoms with Crippen LogP contribution in [0.2, 0.25) is 5.02 Å². The first-order valence-corrected chi connectivity index (χ1v) is 12.8. The molecule has 2 aromatic carbocycles. The van der Waals surface area contributed by atoms with Gasteiger partial charge in [0.05, 0.1) is 32.4 Å². The zero-order valence-electron chi connectivity index (χ0n) is 20.2. The number of rotatable bonds is 6. The van der Waals surface area contributed by atoms with E-state index in [2.05, 4.69) is 4.99 Å². The maximum absolute atomic E-state index is 13.7. The van der Waals surface area contributed by atoms with Gasteiger partial charge in [-0.3, -0.25) is 19.5 Å². The number of halogens is 1. The van der Waals surface area contributed by atoms with E-state index >= 15 is 0 Å². The van der Waals surface area contributed by atoms with E-state index < -0.39 is 16.9 Å². The number of hydrogen-bond acceptors (Lipinski definition) is 8. The summed E-state index contributed by atoms with van der Waals surface area (Å²) < 4.78 is 13.3. The van der Waals surface area contributed by atoms with Crippen molar-refractivity contribution in [3.63, 3.8) is 0 Å². The minimum atomic E-state index is -0.963. The molecule has 192 valence electrons. The van der Waals surface area contributed by atoms with E-state index in [1.54, 1.807) is 32.1 Å². The SMILES string of the molecule is CCOC(=O)C1=C(C)N=c2s/c(=C\c3ccccc3)c(=O)n2[C@@H]1c1ccc(-c2cc([N+](=O)[O-])ccc2Cl)o1. The van der Waals surface area contributed by atoms with Crippen molar-refractivity contribution in [2.45, 2.75) is 19.9 Å². The minimum absolute atomic E-state index is 0.132. The van der Waals surface area contributed by atoms with E-state index in [-0.39, 0.29) is 40.0 Å². The fourth-order valence-electron chi connectivity index (χ4n) is 4.22. The van der Waals surface area contributed by atoms with E-state index in [0.29, 0.717) is 20.6 Å². The quantitative estimate of drug-likeness (QED) is 0.197. The van der Waals surface area contributed by atoms with Gasteiger partial charge in [-0.25, -0.2) is 9.79 Å². The van der Waals surface area contributed by atoms with Crippen molar-refractivity contribution >= 4 is 40.7 Å². The number of allylic oxidation sites excluding steroid dienone is 1. The molecule has 38 heavy (non-hydrogen) atoms. The molecular weight excluding hydrogens is 530 g/mol. The monoisotopic (exact) mass is 549 g/mol. The Labute approximate surface area is 224 Å². The molecule has 0 amide bonds. The summed E-state index contributed by atoms with van der Waals surface area (Å²) in [5, 5.41) is 11.5. The Hall–Kier alpha value is -4.28. The van der Waals surface area contributed by atoms with E-state index in [1.807, 2.05) is 30.3 Å². The van der Waals surface area contributed by atoms with Crippen LogP contribution in [0.5, 0.6) is 0 Å². The fourth-order valence-corrected chi connectivity index (χ4v) is 5.48. The van der Waals surface area contributed by atoms with Gasteiger partial charge in [-0.05, 0) is 43.7 Å². The average molecular weight is 550 g/mol. The summed E-state index contributed by atoms with van der Waals surface area (Å²) >= 11 is 7.52.